The molecule has 1 aromatic heterocycles. The minimum absolute atomic E-state index is 0.0842. The van der Waals surface area contributed by atoms with E-state index in [1.807, 2.05) is 38.1 Å². The van der Waals surface area contributed by atoms with E-state index < -0.39 is 0 Å². The molecule has 0 bridgehead atoms. The summed E-state index contributed by atoms with van der Waals surface area (Å²) in [5, 5.41) is 0.481. The van der Waals surface area contributed by atoms with Crippen molar-refractivity contribution >= 4 is 16.9 Å². The van der Waals surface area contributed by atoms with Gasteiger partial charge in [-0.05, 0) is 38.0 Å². The SMILES string of the molecule is CCC(=O)Oc1cc2oc(C)c(-c3ccc(C)cc3)c(=O)c2cc1C. The Morgan fingerprint density at radius 2 is 1.76 bits per heavy atom. The molecule has 0 aliphatic carbocycles. The Labute approximate surface area is 146 Å². The third-order valence-corrected chi connectivity index (χ3v) is 4.22. The number of esters is 1. The lowest BCUT2D eigenvalue weighted by atomic mass is 10.0. The summed E-state index contributed by atoms with van der Waals surface area (Å²) in [7, 11) is 0. The Hall–Kier alpha value is -2.88. The molecule has 0 spiro atoms. The molecule has 0 unspecified atom stereocenters. The maximum absolute atomic E-state index is 13.0. The van der Waals surface area contributed by atoms with Gasteiger partial charge in [0.25, 0.3) is 0 Å². The van der Waals surface area contributed by atoms with Crippen LogP contribution in [0.25, 0.3) is 22.1 Å². The Morgan fingerprint density at radius 3 is 2.40 bits per heavy atom. The van der Waals surface area contributed by atoms with Crippen molar-refractivity contribution in [3.05, 3.63) is 63.5 Å². The third kappa shape index (κ3) is 3.20. The predicted octanol–water partition coefficient (Wildman–Crippen LogP) is 4.70. The van der Waals surface area contributed by atoms with Crippen LogP contribution in [0.1, 0.15) is 30.2 Å². The smallest absolute Gasteiger partial charge is 0.310 e. The van der Waals surface area contributed by atoms with Gasteiger partial charge in [0.05, 0.1) is 10.9 Å². The zero-order valence-corrected chi connectivity index (χ0v) is 14.8. The van der Waals surface area contributed by atoms with E-state index in [0.717, 1.165) is 16.7 Å². The van der Waals surface area contributed by atoms with Crippen molar-refractivity contribution in [1.29, 1.82) is 0 Å². The molecule has 0 saturated heterocycles. The van der Waals surface area contributed by atoms with Crippen LogP contribution in [0.5, 0.6) is 5.75 Å². The van der Waals surface area contributed by atoms with Gasteiger partial charge in [0.2, 0.25) is 5.43 Å². The van der Waals surface area contributed by atoms with Crippen LogP contribution in [-0.2, 0) is 4.79 Å². The van der Waals surface area contributed by atoms with Crippen LogP contribution in [0.4, 0.5) is 0 Å². The van der Waals surface area contributed by atoms with E-state index in [1.54, 1.807) is 26.0 Å². The van der Waals surface area contributed by atoms with Gasteiger partial charge in [0.15, 0.2) is 0 Å². The minimum atomic E-state index is -0.321. The lowest BCUT2D eigenvalue weighted by Gasteiger charge is -2.11. The minimum Gasteiger partial charge on any atom is -0.460 e. The third-order valence-electron chi connectivity index (χ3n) is 4.22. The average Bonchev–Trinajstić information content (AvgIpc) is 2.58. The maximum atomic E-state index is 13.0. The number of aryl methyl sites for hydroxylation is 3. The second-order valence-electron chi connectivity index (χ2n) is 6.17. The zero-order chi connectivity index (χ0) is 18.1. The second-order valence-corrected chi connectivity index (χ2v) is 6.17. The first kappa shape index (κ1) is 17.0. The highest BCUT2D eigenvalue weighted by molar-refractivity contribution is 5.85. The molecule has 0 radical (unpaired) electrons. The standard InChI is InChI=1S/C21H20O4/c1-5-19(22)25-17-11-18-16(10-13(17)3)21(23)20(14(4)24-18)15-8-6-12(2)7-9-15/h6-11H,5H2,1-4H3. The van der Waals surface area contributed by atoms with E-state index in [0.29, 0.717) is 28.0 Å². The number of hydrogen-bond donors (Lipinski definition) is 0. The first-order valence-electron chi connectivity index (χ1n) is 8.26. The molecular weight excluding hydrogens is 316 g/mol. The van der Waals surface area contributed by atoms with Gasteiger partial charge in [-0.15, -0.1) is 0 Å². The van der Waals surface area contributed by atoms with Crippen LogP contribution >= 0.6 is 0 Å². The van der Waals surface area contributed by atoms with Gasteiger partial charge in [-0.2, -0.15) is 0 Å². The molecular formula is C21H20O4. The van der Waals surface area contributed by atoms with Gasteiger partial charge in [0.1, 0.15) is 17.1 Å². The summed E-state index contributed by atoms with van der Waals surface area (Å²) in [5.41, 5.74) is 3.58. The molecule has 0 aliphatic rings. The van der Waals surface area contributed by atoms with E-state index in [4.69, 9.17) is 9.15 Å². The predicted molar refractivity (Wildman–Crippen MR) is 98.1 cm³/mol. The van der Waals surface area contributed by atoms with E-state index in [-0.39, 0.29) is 17.8 Å². The van der Waals surface area contributed by atoms with Gasteiger partial charge in [-0.1, -0.05) is 36.8 Å². The fourth-order valence-electron chi connectivity index (χ4n) is 2.80. The van der Waals surface area contributed by atoms with E-state index in [9.17, 15) is 9.59 Å². The van der Waals surface area contributed by atoms with E-state index >= 15 is 0 Å². The number of ether oxygens (including phenoxy) is 1. The molecule has 1 heterocycles. The van der Waals surface area contributed by atoms with Crippen LogP contribution in [-0.4, -0.2) is 5.97 Å². The fraction of sp³-hybridized carbons (Fsp3) is 0.238. The van der Waals surface area contributed by atoms with Gasteiger partial charge in [-0.3, -0.25) is 9.59 Å². The lowest BCUT2D eigenvalue weighted by Crippen LogP contribution is -2.10. The number of carbonyl (C=O) groups excluding carboxylic acids is 1. The second kappa shape index (κ2) is 6.55. The normalized spacial score (nSPS) is 10.9. The number of carbonyl (C=O) groups is 1. The van der Waals surface area contributed by atoms with Gasteiger partial charge < -0.3 is 9.15 Å². The number of fused-ring (bicyclic) bond motifs is 1. The first-order valence-corrected chi connectivity index (χ1v) is 8.26. The molecule has 2 aromatic carbocycles. The molecule has 25 heavy (non-hydrogen) atoms. The highest BCUT2D eigenvalue weighted by atomic mass is 16.5. The average molecular weight is 336 g/mol. The summed E-state index contributed by atoms with van der Waals surface area (Å²) < 4.78 is 11.2. The summed E-state index contributed by atoms with van der Waals surface area (Å²) >= 11 is 0. The van der Waals surface area contributed by atoms with E-state index in [2.05, 4.69) is 0 Å². The van der Waals surface area contributed by atoms with Gasteiger partial charge in [-0.25, -0.2) is 0 Å². The van der Waals surface area contributed by atoms with Gasteiger partial charge >= 0.3 is 5.97 Å². The molecule has 3 rings (SSSR count). The molecule has 4 heteroatoms. The summed E-state index contributed by atoms with van der Waals surface area (Å²) in [5.74, 6) is 0.640. The molecule has 0 aliphatic heterocycles. The summed E-state index contributed by atoms with van der Waals surface area (Å²) in [6, 6.07) is 11.1. The van der Waals surface area contributed by atoms with Crippen LogP contribution in [0, 0.1) is 20.8 Å². The maximum Gasteiger partial charge on any atom is 0.310 e. The summed E-state index contributed by atoms with van der Waals surface area (Å²) in [6.07, 6.45) is 0.285. The van der Waals surface area contributed by atoms with E-state index in [1.165, 1.54) is 0 Å². The van der Waals surface area contributed by atoms with Crippen molar-refractivity contribution in [2.75, 3.05) is 0 Å². The number of benzene rings is 2. The molecule has 0 fully saturated rings. The molecule has 0 N–H and O–H groups in total. The lowest BCUT2D eigenvalue weighted by molar-refractivity contribution is -0.134. The first-order chi connectivity index (χ1) is 11.9. The Morgan fingerprint density at radius 1 is 1.08 bits per heavy atom. The zero-order valence-electron chi connectivity index (χ0n) is 14.8. The molecule has 128 valence electrons. The van der Waals surface area contributed by atoms with Crippen LogP contribution in [0.3, 0.4) is 0 Å². The topological polar surface area (TPSA) is 56.5 Å². The van der Waals surface area contributed by atoms with Crippen molar-refractivity contribution in [1.82, 2.24) is 0 Å². The monoisotopic (exact) mass is 336 g/mol. The molecule has 0 amide bonds. The van der Waals surface area contributed by atoms with Crippen LogP contribution in [0.2, 0.25) is 0 Å². The summed E-state index contributed by atoms with van der Waals surface area (Å²) in [6.45, 7) is 7.31. The van der Waals surface area contributed by atoms with Crippen molar-refractivity contribution in [3.8, 4) is 16.9 Å². The van der Waals surface area contributed by atoms with Gasteiger partial charge in [0, 0.05) is 12.5 Å². The fourth-order valence-corrected chi connectivity index (χ4v) is 2.80. The quantitative estimate of drug-likeness (QED) is 0.514. The Balaban J connectivity index is 2.20. The molecule has 0 saturated carbocycles. The number of rotatable bonds is 3. The van der Waals surface area contributed by atoms with Crippen molar-refractivity contribution in [2.45, 2.75) is 34.1 Å². The van der Waals surface area contributed by atoms with Crippen molar-refractivity contribution in [2.24, 2.45) is 0 Å². The van der Waals surface area contributed by atoms with Crippen LogP contribution < -0.4 is 10.2 Å². The Bertz CT molecular complexity index is 1010. The number of hydrogen-bond acceptors (Lipinski definition) is 4. The Kier molecular flexibility index (Phi) is 4.45. The molecule has 0 atom stereocenters. The molecule has 4 nitrogen and oxygen atoms in total. The van der Waals surface area contributed by atoms with Crippen molar-refractivity contribution < 1.29 is 13.9 Å². The summed E-state index contributed by atoms with van der Waals surface area (Å²) in [4.78, 5) is 24.6. The highest BCUT2D eigenvalue weighted by Crippen LogP contribution is 2.29. The van der Waals surface area contributed by atoms with Crippen molar-refractivity contribution in [3.63, 3.8) is 0 Å². The highest BCUT2D eigenvalue weighted by Gasteiger charge is 2.16. The van der Waals surface area contributed by atoms with Crippen LogP contribution in [0.15, 0.2) is 45.6 Å². The molecule has 3 aromatic rings. The largest absolute Gasteiger partial charge is 0.460 e.